The van der Waals surface area contributed by atoms with Crippen LogP contribution < -0.4 is 11.1 Å². The second-order valence-corrected chi connectivity index (χ2v) is 5.61. The molecule has 124 valence electrons. The lowest BCUT2D eigenvalue weighted by Gasteiger charge is -2.28. The van der Waals surface area contributed by atoms with Crippen molar-refractivity contribution in [1.29, 1.82) is 0 Å². The van der Waals surface area contributed by atoms with E-state index in [1.807, 2.05) is 0 Å². The molecular weight excluding hydrogens is 317 g/mol. The van der Waals surface area contributed by atoms with Gasteiger partial charge in [0.15, 0.2) is 0 Å². The fourth-order valence-electron chi connectivity index (χ4n) is 2.77. The second-order valence-electron chi connectivity index (χ2n) is 5.61. The molecule has 22 heavy (non-hydrogen) atoms. The Hall–Kier alpha value is -1.27. The Bertz CT molecular complexity index is 497. The molecule has 1 fully saturated rings. The zero-order valence-electron chi connectivity index (χ0n) is 12.1. The van der Waals surface area contributed by atoms with Crippen LogP contribution in [0.3, 0.4) is 0 Å². The SMILES string of the molecule is Cl.NCC1(NC(=O)Cc2ccc(C(F)(F)F)cc2)CCCC1. The van der Waals surface area contributed by atoms with Gasteiger partial charge in [0.05, 0.1) is 17.5 Å². The molecule has 1 aliphatic rings. The lowest BCUT2D eigenvalue weighted by Crippen LogP contribution is -2.52. The summed E-state index contributed by atoms with van der Waals surface area (Å²) in [5, 5.41) is 2.95. The fraction of sp³-hybridized carbons (Fsp3) is 0.533. The maximum Gasteiger partial charge on any atom is 0.416 e. The summed E-state index contributed by atoms with van der Waals surface area (Å²) in [6.07, 6.45) is -0.478. The van der Waals surface area contributed by atoms with Crippen LogP contribution in [0.1, 0.15) is 36.8 Å². The quantitative estimate of drug-likeness (QED) is 0.888. The standard InChI is InChI=1S/C15H19F3N2O.ClH/c16-15(17,18)12-5-3-11(4-6-12)9-13(21)20-14(10-19)7-1-2-8-14;/h3-6H,1-2,7-10,19H2,(H,20,21);1H. The third-order valence-electron chi connectivity index (χ3n) is 4.00. The van der Waals surface area contributed by atoms with E-state index >= 15 is 0 Å². The number of benzene rings is 1. The van der Waals surface area contributed by atoms with Crippen molar-refractivity contribution >= 4 is 18.3 Å². The number of carbonyl (C=O) groups is 1. The molecule has 3 nitrogen and oxygen atoms in total. The summed E-state index contributed by atoms with van der Waals surface area (Å²) in [7, 11) is 0. The Labute approximate surface area is 133 Å². The lowest BCUT2D eigenvalue weighted by molar-refractivity contribution is -0.137. The van der Waals surface area contributed by atoms with E-state index < -0.39 is 11.7 Å². The van der Waals surface area contributed by atoms with Gasteiger partial charge in [0.2, 0.25) is 5.91 Å². The molecule has 0 aliphatic heterocycles. The van der Waals surface area contributed by atoms with Crippen molar-refractivity contribution in [1.82, 2.24) is 5.32 Å². The number of halogens is 4. The first-order chi connectivity index (χ1) is 9.85. The topological polar surface area (TPSA) is 55.1 Å². The molecule has 1 aliphatic carbocycles. The molecule has 1 aromatic carbocycles. The molecule has 1 aromatic rings. The van der Waals surface area contributed by atoms with Gasteiger partial charge in [0.25, 0.3) is 0 Å². The first-order valence-corrected chi connectivity index (χ1v) is 7.02. The summed E-state index contributed by atoms with van der Waals surface area (Å²) < 4.78 is 37.4. The highest BCUT2D eigenvalue weighted by molar-refractivity contribution is 5.85. The van der Waals surface area contributed by atoms with Gasteiger partial charge in [-0.2, -0.15) is 13.2 Å². The summed E-state index contributed by atoms with van der Waals surface area (Å²) in [5.41, 5.74) is 5.26. The van der Waals surface area contributed by atoms with E-state index in [0.29, 0.717) is 12.1 Å². The van der Waals surface area contributed by atoms with Crippen LogP contribution in [0.25, 0.3) is 0 Å². The Morgan fingerprint density at radius 1 is 1.18 bits per heavy atom. The number of nitrogens with one attached hydrogen (secondary N) is 1. The zero-order chi connectivity index (χ0) is 15.5. The largest absolute Gasteiger partial charge is 0.416 e. The molecule has 0 radical (unpaired) electrons. The van der Waals surface area contributed by atoms with E-state index in [-0.39, 0.29) is 30.3 Å². The average molecular weight is 337 g/mol. The van der Waals surface area contributed by atoms with E-state index in [9.17, 15) is 18.0 Å². The van der Waals surface area contributed by atoms with Gasteiger partial charge in [-0.1, -0.05) is 25.0 Å². The number of rotatable bonds is 4. The van der Waals surface area contributed by atoms with E-state index in [0.717, 1.165) is 37.8 Å². The Balaban J connectivity index is 0.00000242. The normalized spacial score (nSPS) is 16.9. The van der Waals surface area contributed by atoms with E-state index in [1.165, 1.54) is 12.1 Å². The van der Waals surface area contributed by atoms with Crippen molar-refractivity contribution in [3.8, 4) is 0 Å². The molecule has 3 N–H and O–H groups in total. The Morgan fingerprint density at radius 2 is 1.73 bits per heavy atom. The van der Waals surface area contributed by atoms with Crippen molar-refractivity contribution in [3.63, 3.8) is 0 Å². The smallest absolute Gasteiger partial charge is 0.349 e. The number of carbonyl (C=O) groups excluding carboxylic acids is 1. The Morgan fingerprint density at radius 3 is 2.18 bits per heavy atom. The minimum Gasteiger partial charge on any atom is -0.349 e. The summed E-state index contributed by atoms with van der Waals surface area (Å²) in [6.45, 7) is 0.395. The third-order valence-corrected chi connectivity index (χ3v) is 4.00. The molecule has 0 heterocycles. The molecule has 1 saturated carbocycles. The number of hydrogen-bond donors (Lipinski definition) is 2. The number of amides is 1. The highest BCUT2D eigenvalue weighted by atomic mass is 35.5. The van der Waals surface area contributed by atoms with Crippen molar-refractivity contribution in [2.24, 2.45) is 5.73 Å². The minimum atomic E-state index is -4.35. The highest BCUT2D eigenvalue weighted by Gasteiger charge is 2.34. The summed E-state index contributed by atoms with van der Waals surface area (Å²) in [4.78, 5) is 12.0. The molecule has 0 saturated heterocycles. The van der Waals surface area contributed by atoms with Crippen molar-refractivity contribution < 1.29 is 18.0 Å². The number of hydrogen-bond acceptors (Lipinski definition) is 2. The third kappa shape index (κ3) is 4.61. The fourth-order valence-corrected chi connectivity index (χ4v) is 2.77. The van der Waals surface area contributed by atoms with E-state index in [4.69, 9.17) is 5.73 Å². The predicted octanol–water partition coefficient (Wildman–Crippen LogP) is 3.06. The van der Waals surface area contributed by atoms with Crippen LogP contribution in [-0.4, -0.2) is 18.0 Å². The molecule has 0 atom stereocenters. The first-order valence-electron chi connectivity index (χ1n) is 7.02. The number of alkyl halides is 3. The van der Waals surface area contributed by atoms with Crippen LogP contribution in [-0.2, 0) is 17.4 Å². The molecule has 0 bridgehead atoms. The van der Waals surface area contributed by atoms with Crippen LogP contribution in [0.2, 0.25) is 0 Å². The molecule has 0 spiro atoms. The molecule has 2 rings (SSSR count). The molecule has 0 aromatic heterocycles. The lowest BCUT2D eigenvalue weighted by atomic mass is 9.97. The van der Waals surface area contributed by atoms with Gasteiger partial charge in [0.1, 0.15) is 0 Å². The van der Waals surface area contributed by atoms with Crippen LogP contribution in [0.15, 0.2) is 24.3 Å². The summed E-state index contributed by atoms with van der Waals surface area (Å²) in [6, 6.07) is 4.67. The van der Waals surface area contributed by atoms with Crippen molar-refractivity contribution in [2.45, 2.75) is 43.8 Å². The molecule has 0 unspecified atom stereocenters. The number of nitrogens with two attached hydrogens (primary N) is 1. The summed E-state index contributed by atoms with van der Waals surface area (Å²) in [5.74, 6) is -0.192. The van der Waals surface area contributed by atoms with Crippen LogP contribution >= 0.6 is 12.4 Å². The Kier molecular flexibility index (Phi) is 6.26. The molecule has 1 amide bonds. The van der Waals surface area contributed by atoms with E-state index in [2.05, 4.69) is 5.32 Å². The zero-order valence-corrected chi connectivity index (χ0v) is 12.9. The van der Waals surface area contributed by atoms with Gasteiger partial charge < -0.3 is 11.1 Å². The van der Waals surface area contributed by atoms with Crippen LogP contribution in [0, 0.1) is 0 Å². The molecular formula is C15H20ClF3N2O. The molecule has 7 heteroatoms. The van der Waals surface area contributed by atoms with E-state index in [1.54, 1.807) is 0 Å². The van der Waals surface area contributed by atoms with Gasteiger partial charge in [-0.15, -0.1) is 12.4 Å². The van der Waals surface area contributed by atoms with Gasteiger partial charge in [-0.25, -0.2) is 0 Å². The van der Waals surface area contributed by atoms with Gasteiger partial charge in [-0.3, -0.25) is 4.79 Å². The van der Waals surface area contributed by atoms with Gasteiger partial charge in [0, 0.05) is 6.54 Å². The monoisotopic (exact) mass is 336 g/mol. The highest BCUT2D eigenvalue weighted by Crippen LogP contribution is 2.30. The minimum absolute atomic E-state index is 0. The van der Waals surface area contributed by atoms with Crippen molar-refractivity contribution in [3.05, 3.63) is 35.4 Å². The van der Waals surface area contributed by atoms with Crippen molar-refractivity contribution in [2.75, 3.05) is 6.54 Å². The van der Waals surface area contributed by atoms with Crippen LogP contribution in [0.5, 0.6) is 0 Å². The van der Waals surface area contributed by atoms with Gasteiger partial charge >= 0.3 is 6.18 Å². The van der Waals surface area contributed by atoms with Gasteiger partial charge in [-0.05, 0) is 30.5 Å². The summed E-state index contributed by atoms with van der Waals surface area (Å²) >= 11 is 0. The maximum absolute atomic E-state index is 12.5. The maximum atomic E-state index is 12.5. The second kappa shape index (κ2) is 7.33. The van der Waals surface area contributed by atoms with Crippen LogP contribution in [0.4, 0.5) is 13.2 Å². The predicted molar refractivity (Wildman–Crippen MR) is 80.8 cm³/mol. The first kappa shape index (κ1) is 18.8. The average Bonchev–Trinajstić information content (AvgIpc) is 2.87.